The molecule has 0 saturated carbocycles. The van der Waals surface area contributed by atoms with Crippen molar-refractivity contribution in [2.24, 2.45) is 5.18 Å². The minimum absolute atomic E-state index is 0.237. The monoisotopic (exact) mass is 137 g/mol. The quantitative estimate of drug-likeness (QED) is 0.432. The van der Waals surface area contributed by atoms with Gasteiger partial charge in [0.2, 0.25) is 0 Å². The fourth-order valence-corrected chi connectivity index (χ4v) is 0.506. The Kier molecular flexibility index (Phi) is 5.25. The predicted octanol–water partition coefficient (Wildman–Crippen LogP) is 2.44. The molecule has 0 amide bonds. The second-order valence-electron chi connectivity index (χ2n) is 1.75. The molecule has 0 aromatic carbocycles. The van der Waals surface area contributed by atoms with Crippen LogP contribution in [0.3, 0.4) is 0 Å². The second kappa shape index (κ2) is 5.95. The third-order valence-corrected chi connectivity index (χ3v) is 1.06. The first-order chi connectivity index (χ1) is 4.85. The van der Waals surface area contributed by atoms with Gasteiger partial charge in [0.05, 0.1) is 0 Å². The summed E-state index contributed by atoms with van der Waals surface area (Å²) in [5.41, 5.74) is 0.912. The Hall–Kier alpha value is -1.18. The first kappa shape index (κ1) is 8.82. The molecule has 2 heteroatoms. The van der Waals surface area contributed by atoms with Crippen LogP contribution in [0.25, 0.3) is 0 Å². The van der Waals surface area contributed by atoms with Gasteiger partial charge in [-0.25, -0.2) is 0 Å². The van der Waals surface area contributed by atoms with E-state index in [0.29, 0.717) is 0 Å². The molecular formula is C8H11NO. The average Bonchev–Trinajstić information content (AvgIpc) is 1.98. The molecule has 0 saturated heterocycles. The van der Waals surface area contributed by atoms with Crippen LogP contribution in [0.5, 0.6) is 0 Å². The molecule has 0 radical (unpaired) electrons. The zero-order valence-corrected chi connectivity index (χ0v) is 6.08. The van der Waals surface area contributed by atoms with Crippen LogP contribution in [0.15, 0.2) is 41.6 Å². The van der Waals surface area contributed by atoms with Crippen molar-refractivity contribution in [3.63, 3.8) is 0 Å². The van der Waals surface area contributed by atoms with Crippen molar-refractivity contribution in [3.05, 3.63) is 41.4 Å². The van der Waals surface area contributed by atoms with Gasteiger partial charge in [-0.3, -0.25) is 0 Å². The van der Waals surface area contributed by atoms with E-state index in [1.807, 2.05) is 19.1 Å². The summed E-state index contributed by atoms with van der Waals surface area (Å²) in [6.45, 7) is 5.61. The highest BCUT2D eigenvalue weighted by Gasteiger charge is 1.86. The SMILES string of the molecule is C=C/C=C\C(=C/C)CN=O. The summed E-state index contributed by atoms with van der Waals surface area (Å²) in [5, 5.41) is 2.76. The van der Waals surface area contributed by atoms with Crippen LogP contribution in [-0.2, 0) is 0 Å². The molecule has 10 heavy (non-hydrogen) atoms. The third-order valence-electron chi connectivity index (χ3n) is 1.06. The van der Waals surface area contributed by atoms with Gasteiger partial charge in [-0.15, -0.1) is 0 Å². The van der Waals surface area contributed by atoms with Crippen molar-refractivity contribution in [2.75, 3.05) is 6.54 Å². The van der Waals surface area contributed by atoms with Crippen LogP contribution in [0, 0.1) is 4.91 Å². The normalized spacial score (nSPS) is 11.9. The van der Waals surface area contributed by atoms with Crippen LogP contribution in [-0.4, -0.2) is 6.54 Å². The zero-order valence-electron chi connectivity index (χ0n) is 6.08. The van der Waals surface area contributed by atoms with Crippen LogP contribution in [0.4, 0.5) is 0 Å². The maximum atomic E-state index is 9.79. The van der Waals surface area contributed by atoms with Gasteiger partial charge in [0, 0.05) is 0 Å². The minimum atomic E-state index is 0.237. The molecule has 54 valence electrons. The molecule has 0 heterocycles. The molecule has 2 nitrogen and oxygen atoms in total. The van der Waals surface area contributed by atoms with Crippen molar-refractivity contribution in [3.8, 4) is 0 Å². The van der Waals surface area contributed by atoms with E-state index in [9.17, 15) is 4.91 Å². The summed E-state index contributed by atoms with van der Waals surface area (Å²) in [6.07, 6.45) is 7.10. The molecule has 0 aromatic heterocycles. The topological polar surface area (TPSA) is 29.4 Å². The number of hydrogen-bond donors (Lipinski definition) is 0. The highest BCUT2D eigenvalue weighted by molar-refractivity contribution is 5.22. The number of hydrogen-bond acceptors (Lipinski definition) is 2. The van der Waals surface area contributed by atoms with Gasteiger partial charge >= 0.3 is 0 Å². The second-order valence-corrected chi connectivity index (χ2v) is 1.75. The van der Waals surface area contributed by atoms with Crippen LogP contribution in [0.1, 0.15) is 6.92 Å². The average molecular weight is 137 g/mol. The third kappa shape index (κ3) is 3.78. The molecule has 0 aliphatic rings. The highest BCUT2D eigenvalue weighted by atomic mass is 16.3. The van der Waals surface area contributed by atoms with E-state index < -0.39 is 0 Å². The molecular weight excluding hydrogens is 126 g/mol. The molecule has 0 unspecified atom stereocenters. The highest BCUT2D eigenvalue weighted by Crippen LogP contribution is 1.96. The van der Waals surface area contributed by atoms with E-state index in [1.165, 1.54) is 0 Å². The Balaban J connectivity index is 3.95. The van der Waals surface area contributed by atoms with Crippen molar-refractivity contribution in [2.45, 2.75) is 6.92 Å². The Morgan fingerprint density at radius 1 is 1.70 bits per heavy atom. The van der Waals surface area contributed by atoms with Crippen molar-refractivity contribution in [1.29, 1.82) is 0 Å². The number of allylic oxidation sites excluding steroid dienone is 3. The largest absolute Gasteiger partial charge is 0.150 e. The lowest BCUT2D eigenvalue weighted by Crippen LogP contribution is -1.80. The fraction of sp³-hybridized carbons (Fsp3) is 0.250. The van der Waals surface area contributed by atoms with Crippen molar-refractivity contribution < 1.29 is 0 Å². The molecule has 0 fully saturated rings. The van der Waals surface area contributed by atoms with Gasteiger partial charge < -0.3 is 0 Å². The van der Waals surface area contributed by atoms with Gasteiger partial charge in [-0.1, -0.05) is 36.1 Å². The van der Waals surface area contributed by atoms with E-state index in [-0.39, 0.29) is 6.54 Å². The minimum Gasteiger partial charge on any atom is -0.150 e. The van der Waals surface area contributed by atoms with Gasteiger partial charge in [0.1, 0.15) is 6.54 Å². The summed E-state index contributed by atoms with van der Waals surface area (Å²) < 4.78 is 0. The molecule has 0 aliphatic heterocycles. The fourth-order valence-electron chi connectivity index (χ4n) is 0.506. The van der Waals surface area contributed by atoms with E-state index in [2.05, 4.69) is 11.8 Å². The molecule has 0 aromatic rings. The molecule has 0 atom stereocenters. The van der Waals surface area contributed by atoms with E-state index >= 15 is 0 Å². The lowest BCUT2D eigenvalue weighted by Gasteiger charge is -1.88. The van der Waals surface area contributed by atoms with E-state index in [0.717, 1.165) is 5.57 Å². The molecule has 0 spiro atoms. The maximum Gasteiger partial charge on any atom is 0.106 e. The van der Waals surface area contributed by atoms with Gasteiger partial charge in [0.15, 0.2) is 0 Å². The summed E-state index contributed by atoms with van der Waals surface area (Å²) in [5.74, 6) is 0. The summed E-state index contributed by atoms with van der Waals surface area (Å²) in [7, 11) is 0. The number of nitroso groups, excluding NO2 is 1. The summed E-state index contributed by atoms with van der Waals surface area (Å²) >= 11 is 0. The van der Waals surface area contributed by atoms with Crippen LogP contribution in [0.2, 0.25) is 0 Å². The molecule has 0 N–H and O–H groups in total. The first-order valence-corrected chi connectivity index (χ1v) is 3.08. The summed E-state index contributed by atoms with van der Waals surface area (Å²) in [6, 6.07) is 0. The van der Waals surface area contributed by atoms with E-state index in [1.54, 1.807) is 12.2 Å². The number of rotatable bonds is 4. The molecule has 0 rings (SSSR count). The Morgan fingerprint density at radius 2 is 2.40 bits per heavy atom. The number of nitrogens with zero attached hydrogens (tertiary/aromatic N) is 1. The first-order valence-electron chi connectivity index (χ1n) is 3.08. The van der Waals surface area contributed by atoms with Crippen molar-refractivity contribution in [1.82, 2.24) is 0 Å². The van der Waals surface area contributed by atoms with Gasteiger partial charge in [-0.05, 0) is 12.5 Å². The Morgan fingerprint density at radius 3 is 2.80 bits per heavy atom. The van der Waals surface area contributed by atoms with Crippen molar-refractivity contribution >= 4 is 0 Å². The zero-order chi connectivity index (χ0) is 7.82. The molecule has 0 bridgehead atoms. The predicted molar refractivity (Wildman–Crippen MR) is 43.8 cm³/mol. The van der Waals surface area contributed by atoms with Crippen LogP contribution < -0.4 is 0 Å². The Bertz CT molecular complexity index is 168. The van der Waals surface area contributed by atoms with E-state index in [4.69, 9.17) is 0 Å². The maximum absolute atomic E-state index is 9.79. The lowest BCUT2D eigenvalue weighted by molar-refractivity contribution is 1.16. The molecule has 0 aliphatic carbocycles. The smallest absolute Gasteiger partial charge is 0.106 e. The standard InChI is InChI=1S/C8H11NO/c1-3-5-6-8(4-2)7-9-10/h3-6H,1,7H2,2H3/b6-5-,8-4+. The lowest BCUT2D eigenvalue weighted by atomic mass is 10.2. The van der Waals surface area contributed by atoms with Gasteiger partial charge in [-0.2, -0.15) is 4.91 Å². The Labute approximate surface area is 60.9 Å². The van der Waals surface area contributed by atoms with Crippen LogP contribution >= 0.6 is 0 Å². The van der Waals surface area contributed by atoms with Gasteiger partial charge in [0.25, 0.3) is 0 Å². The summed E-state index contributed by atoms with van der Waals surface area (Å²) in [4.78, 5) is 9.79.